The molecule has 0 saturated carbocycles. The number of methoxy groups -OCH3 is 1. The molecular formula is C28H35F4N3O9S2. The molecule has 0 bridgehead atoms. The molecular weight excluding hydrogens is 662 g/mol. The highest BCUT2D eigenvalue weighted by atomic mass is 32.2. The molecule has 2 N–H and O–H groups in total. The fourth-order valence-corrected chi connectivity index (χ4v) is 6.69. The van der Waals surface area contributed by atoms with Crippen LogP contribution < -0.4 is 23.4 Å². The smallest absolute Gasteiger partial charge is 0.412 e. The molecule has 2 aromatic carbocycles. The van der Waals surface area contributed by atoms with Crippen molar-refractivity contribution in [2.24, 2.45) is 5.92 Å². The number of carboxylic acid groups (broad SMARTS) is 1. The number of benzene rings is 2. The molecule has 1 aliphatic rings. The third-order valence-corrected chi connectivity index (χ3v) is 11.3. The van der Waals surface area contributed by atoms with E-state index in [4.69, 9.17) is 9.47 Å². The maximum atomic E-state index is 14.2. The average Bonchev–Trinajstić information content (AvgIpc) is 2.91. The summed E-state index contributed by atoms with van der Waals surface area (Å²) >= 11 is 0. The number of ether oxygens (including phenoxy) is 2. The predicted octanol–water partition coefficient (Wildman–Crippen LogP) is 4.89. The molecule has 0 saturated heterocycles. The third kappa shape index (κ3) is 7.11. The van der Waals surface area contributed by atoms with Gasteiger partial charge in [-0.2, -0.15) is 13.2 Å². The highest BCUT2D eigenvalue weighted by molar-refractivity contribution is 7.93. The maximum absolute atomic E-state index is 14.2. The molecule has 2 aromatic rings. The van der Waals surface area contributed by atoms with Crippen molar-refractivity contribution in [2.75, 3.05) is 22.9 Å². The lowest BCUT2D eigenvalue weighted by molar-refractivity contribution is -0.175. The first-order chi connectivity index (χ1) is 20.8. The summed E-state index contributed by atoms with van der Waals surface area (Å²) in [6, 6.07) is 5.65. The fraction of sp³-hybridized carbons (Fsp3) is 0.500. The van der Waals surface area contributed by atoms with E-state index in [9.17, 15) is 49.1 Å². The van der Waals surface area contributed by atoms with Gasteiger partial charge >= 0.3 is 12.3 Å². The number of nitrogens with one attached hydrogen (secondary N) is 1. The molecule has 0 fully saturated rings. The molecule has 46 heavy (non-hydrogen) atoms. The van der Waals surface area contributed by atoms with Gasteiger partial charge in [-0.3, -0.25) is 18.7 Å². The summed E-state index contributed by atoms with van der Waals surface area (Å²) in [7, 11) is -7.64. The molecule has 256 valence electrons. The molecule has 0 aliphatic carbocycles. The Morgan fingerprint density at radius 1 is 1.09 bits per heavy atom. The number of nitrogens with zero attached hydrogens (tertiary/aromatic N) is 2. The van der Waals surface area contributed by atoms with Crippen LogP contribution in [0.5, 0.6) is 11.5 Å². The highest BCUT2D eigenvalue weighted by Crippen LogP contribution is 2.44. The Bertz CT molecular complexity index is 1720. The number of alkyl halides is 3. The number of hydrogen-bond acceptors (Lipinski definition) is 8. The lowest BCUT2D eigenvalue weighted by atomic mass is 10.0. The Labute approximate surface area is 264 Å². The summed E-state index contributed by atoms with van der Waals surface area (Å²) < 4.78 is 121. The van der Waals surface area contributed by atoms with E-state index in [0.717, 1.165) is 47.8 Å². The van der Waals surface area contributed by atoms with E-state index in [1.807, 2.05) is 4.72 Å². The number of carbonyl (C=O) groups is 2. The summed E-state index contributed by atoms with van der Waals surface area (Å²) in [6.45, 7) is 6.28. The van der Waals surface area contributed by atoms with Gasteiger partial charge in [0.25, 0.3) is 10.0 Å². The van der Waals surface area contributed by atoms with Gasteiger partial charge in [-0.15, -0.1) is 0 Å². The molecule has 0 radical (unpaired) electrons. The Kier molecular flexibility index (Phi) is 9.90. The highest BCUT2D eigenvalue weighted by Gasteiger charge is 2.54. The largest absolute Gasteiger partial charge is 0.494 e. The van der Waals surface area contributed by atoms with E-state index in [0.29, 0.717) is 13.8 Å². The number of anilines is 2. The number of rotatable bonds is 9. The minimum Gasteiger partial charge on any atom is -0.494 e. The first kappa shape index (κ1) is 36.7. The second kappa shape index (κ2) is 12.4. The van der Waals surface area contributed by atoms with Crippen molar-refractivity contribution in [3.63, 3.8) is 0 Å². The van der Waals surface area contributed by atoms with Crippen molar-refractivity contribution in [3.8, 4) is 11.5 Å². The topological polar surface area (TPSA) is 160 Å². The number of carbonyl (C=O) groups excluding carboxylic acids is 1. The Morgan fingerprint density at radius 3 is 2.22 bits per heavy atom. The number of fused-ring (bicyclic) bond motifs is 1. The van der Waals surface area contributed by atoms with Gasteiger partial charge in [0.1, 0.15) is 17.4 Å². The van der Waals surface area contributed by atoms with Gasteiger partial charge < -0.3 is 14.6 Å². The molecule has 2 amide bonds. The van der Waals surface area contributed by atoms with Crippen LogP contribution in [0.4, 0.5) is 33.7 Å². The first-order valence-electron chi connectivity index (χ1n) is 13.7. The quantitative estimate of drug-likeness (QED) is 0.348. The maximum Gasteiger partial charge on any atom is 0.412 e. The zero-order valence-corrected chi connectivity index (χ0v) is 27.6. The molecule has 0 aromatic heterocycles. The molecule has 3 rings (SSSR count). The lowest BCUT2D eigenvalue weighted by Crippen LogP contribution is -2.57. The van der Waals surface area contributed by atoms with Crippen molar-refractivity contribution in [3.05, 3.63) is 42.2 Å². The van der Waals surface area contributed by atoms with Crippen LogP contribution in [0.1, 0.15) is 48.0 Å². The van der Waals surface area contributed by atoms with Gasteiger partial charge in [-0.05, 0) is 71.4 Å². The second-order valence-corrected chi connectivity index (χ2v) is 16.4. The van der Waals surface area contributed by atoms with Gasteiger partial charge in [-0.25, -0.2) is 26.0 Å². The first-order valence-corrected chi connectivity index (χ1v) is 16.6. The van der Waals surface area contributed by atoms with Crippen LogP contribution in [0, 0.1) is 11.7 Å². The Balaban J connectivity index is 2.13. The van der Waals surface area contributed by atoms with E-state index in [1.165, 1.54) is 27.7 Å². The van der Waals surface area contributed by atoms with E-state index >= 15 is 0 Å². The van der Waals surface area contributed by atoms with Crippen LogP contribution in [0.2, 0.25) is 0 Å². The molecule has 1 heterocycles. The zero-order valence-electron chi connectivity index (χ0n) is 26.0. The minimum atomic E-state index is -5.03. The Morgan fingerprint density at radius 2 is 1.70 bits per heavy atom. The van der Waals surface area contributed by atoms with E-state index < -0.39 is 89.2 Å². The van der Waals surface area contributed by atoms with Crippen molar-refractivity contribution in [2.45, 2.75) is 75.4 Å². The summed E-state index contributed by atoms with van der Waals surface area (Å²) in [6.07, 6.45) is -8.32. The van der Waals surface area contributed by atoms with Crippen molar-refractivity contribution >= 4 is 43.4 Å². The second-order valence-electron chi connectivity index (χ2n) is 12.1. The summed E-state index contributed by atoms with van der Waals surface area (Å²) in [4.78, 5) is 24.5. The molecule has 12 nitrogen and oxygen atoms in total. The van der Waals surface area contributed by atoms with Gasteiger partial charge in [0.2, 0.25) is 15.9 Å². The molecule has 0 unspecified atom stereocenters. The normalized spacial score (nSPS) is 16.6. The fourth-order valence-electron chi connectivity index (χ4n) is 4.40. The van der Waals surface area contributed by atoms with E-state index in [1.54, 1.807) is 0 Å². The predicted molar refractivity (Wildman–Crippen MR) is 160 cm³/mol. The number of halogens is 4. The molecule has 0 spiro atoms. The standard InChI is InChI=1S/C28H35F4N3O9S2/c1-16(24(36)33-46(41,42)26(2,3)4)12-18-15-34(45(39,40)19-9-10-20(29)23(14-19)43-7)21-13-17(8-11-22(21)44-18)35(25(37)38)27(5,6)28(30,31)32/h8-11,13-14,16,18H,12,15H2,1-7H3,(H,33,36)(H,37,38)/t16-,18+/m1/s1. The third-order valence-electron chi connectivity index (χ3n) is 7.39. The van der Waals surface area contributed by atoms with Gasteiger partial charge in [-0.1, -0.05) is 6.92 Å². The SMILES string of the molecule is COc1cc(S(=O)(=O)N2C[C@H](C[C@@H](C)C(=O)NS(=O)(=O)C(C)(C)C)Oc3ccc(N(C(=O)O)C(C)(C)C(F)(F)F)cc32)ccc1F. The van der Waals surface area contributed by atoms with Crippen LogP contribution in [0.15, 0.2) is 41.3 Å². The molecule has 1 aliphatic heterocycles. The van der Waals surface area contributed by atoms with Gasteiger partial charge in [0.15, 0.2) is 11.6 Å². The van der Waals surface area contributed by atoms with Gasteiger partial charge in [0, 0.05) is 12.0 Å². The zero-order chi connectivity index (χ0) is 35.2. The number of hydrogen-bond donors (Lipinski definition) is 2. The number of sulfonamides is 2. The van der Waals surface area contributed by atoms with E-state index in [2.05, 4.69) is 0 Å². The van der Waals surface area contributed by atoms with Crippen molar-refractivity contribution < 1.29 is 58.6 Å². The van der Waals surface area contributed by atoms with Crippen LogP contribution >= 0.6 is 0 Å². The van der Waals surface area contributed by atoms with Crippen molar-refractivity contribution in [1.29, 1.82) is 0 Å². The minimum absolute atomic E-state index is 0.0349. The van der Waals surface area contributed by atoms with Crippen LogP contribution in [0.3, 0.4) is 0 Å². The molecule has 18 heteroatoms. The average molecular weight is 698 g/mol. The van der Waals surface area contributed by atoms with E-state index in [-0.39, 0.29) is 22.8 Å². The monoisotopic (exact) mass is 697 g/mol. The Hall–Kier alpha value is -3.80. The summed E-state index contributed by atoms with van der Waals surface area (Å²) in [5.41, 5.74) is -3.82. The summed E-state index contributed by atoms with van der Waals surface area (Å²) in [5, 5.41) is 9.77. The van der Waals surface area contributed by atoms with Gasteiger partial charge in [0.05, 0.1) is 34.7 Å². The van der Waals surface area contributed by atoms with Crippen molar-refractivity contribution in [1.82, 2.24) is 4.72 Å². The number of amides is 2. The van der Waals surface area contributed by atoms with Crippen LogP contribution in [0.25, 0.3) is 0 Å². The molecule has 2 atom stereocenters. The van der Waals surface area contributed by atoms with Crippen LogP contribution in [-0.4, -0.2) is 70.2 Å². The lowest BCUT2D eigenvalue weighted by Gasteiger charge is -2.40. The van der Waals surface area contributed by atoms with Crippen LogP contribution in [-0.2, 0) is 24.8 Å². The summed E-state index contributed by atoms with van der Waals surface area (Å²) in [5.74, 6) is -3.41.